The van der Waals surface area contributed by atoms with Gasteiger partial charge in [-0.05, 0) is 25.0 Å². The van der Waals surface area contributed by atoms with Gasteiger partial charge in [0, 0.05) is 15.7 Å². The smallest absolute Gasteiger partial charge is 0 e. The van der Waals surface area contributed by atoms with Gasteiger partial charge in [0.05, 0.1) is 0 Å². The molecule has 2 fully saturated rings. The fourth-order valence-corrected chi connectivity index (χ4v) is 5.54. The number of hydrogen-bond donors (Lipinski definition) is 0. The van der Waals surface area contributed by atoms with Crippen LogP contribution in [0.4, 0.5) is 0 Å². The summed E-state index contributed by atoms with van der Waals surface area (Å²) < 4.78 is 0. The summed E-state index contributed by atoms with van der Waals surface area (Å²) in [5.74, 6) is 0. The number of halogens is 2. The normalized spacial score (nSPS) is 31.8. The van der Waals surface area contributed by atoms with Crippen LogP contribution in [0.15, 0.2) is 43.5 Å². The Kier molecular flexibility index (Phi) is 13.7. The molecule has 0 aromatic carbocycles. The van der Waals surface area contributed by atoms with Crippen molar-refractivity contribution >= 4 is 20.2 Å². The molecule has 35 heavy (non-hydrogen) atoms. The predicted octanol–water partition coefficient (Wildman–Crippen LogP) is 9.56. The molecule has 0 saturated heterocycles. The van der Waals surface area contributed by atoms with E-state index in [2.05, 4.69) is 31.4 Å². The van der Waals surface area contributed by atoms with Crippen molar-refractivity contribution in [3.05, 3.63) is 76.2 Å². The molecule has 2 aliphatic carbocycles. The van der Waals surface area contributed by atoms with Gasteiger partial charge in [-0.15, -0.1) is 13.2 Å². The number of hydrogen-bond acceptors (Lipinski definition) is 1. The van der Waals surface area contributed by atoms with Crippen molar-refractivity contribution < 1.29 is 17.4 Å². The van der Waals surface area contributed by atoms with E-state index >= 15 is 0 Å². The summed E-state index contributed by atoms with van der Waals surface area (Å²) in [7, 11) is 9.59. The first-order valence-corrected chi connectivity index (χ1v) is 16.2. The summed E-state index contributed by atoms with van der Waals surface area (Å²) in [5, 5.41) is 20.8. The van der Waals surface area contributed by atoms with Crippen molar-refractivity contribution in [2.75, 3.05) is 13.1 Å². The molecule has 203 valence electrons. The van der Waals surface area contributed by atoms with Crippen LogP contribution in [-0.4, -0.2) is 42.2 Å². The Balaban J connectivity index is 0.00000218. The second kappa shape index (κ2) is 16.4. The van der Waals surface area contributed by atoms with Crippen LogP contribution in [0.2, 0.25) is 0 Å². The summed E-state index contributed by atoms with van der Waals surface area (Å²) in [6.45, 7) is 9.63. The Hall–Kier alpha value is -0.431. The molecule has 1 aromatic rings. The molecular formula is C27H45Cl2MnN5-4. The molecule has 2 saturated carbocycles. The summed E-state index contributed by atoms with van der Waals surface area (Å²) in [4.78, 5) is 5.11. The number of pyridine rings is 1. The van der Waals surface area contributed by atoms with Crippen LogP contribution in [0.3, 0.4) is 0 Å². The third-order valence-corrected chi connectivity index (χ3v) is 7.21. The van der Waals surface area contributed by atoms with Gasteiger partial charge in [-0.2, -0.15) is 37.3 Å². The zero-order chi connectivity index (χ0) is 24.9. The zero-order valence-electron chi connectivity index (χ0n) is 20.6. The van der Waals surface area contributed by atoms with E-state index in [0.29, 0.717) is 12.1 Å². The monoisotopic (exact) mass is 564 g/mol. The van der Waals surface area contributed by atoms with Gasteiger partial charge in [-0.25, -0.2) is 0 Å². The molecule has 0 N–H and O–H groups in total. The standard InChI is InChI=1S/C27H39N5.2ClH.Mn.3H2/c1-3-10-22-26-16-9-17-27(32-26)23(11-4-2)31-25-15-8-6-13-21(25)29-19-18-28-20-12-5-7-14-24(20)30-22;;;;;;/h3-4,9,16-17,20-25H,1-2,5-8,10-15,18-19H2;2*1H;;3*1H/q-4;;;+2;;;/p-2/t20-,21?,22+,23+,24-,25?;;;;;;/m1....../s1. The Morgan fingerprint density at radius 2 is 1.20 bits per heavy atom. The fourth-order valence-electron chi connectivity index (χ4n) is 5.54. The van der Waals surface area contributed by atoms with E-state index in [4.69, 9.17) is 46.4 Å². The average Bonchev–Trinajstić information content (AvgIpc) is 2.88. The molecule has 3 aliphatic rings. The fraction of sp³-hybridized carbons (Fsp3) is 0.667. The van der Waals surface area contributed by atoms with E-state index in [0.717, 1.165) is 63.0 Å². The number of fused-ring (bicyclic) bond motifs is 4. The van der Waals surface area contributed by atoms with Gasteiger partial charge < -0.3 is 21.3 Å². The molecule has 0 spiro atoms. The maximum absolute atomic E-state index is 5.31. The van der Waals surface area contributed by atoms with Crippen molar-refractivity contribution in [3.8, 4) is 0 Å². The van der Waals surface area contributed by atoms with Gasteiger partial charge in [-0.1, -0.05) is 81.7 Å². The molecule has 5 nitrogen and oxygen atoms in total. The predicted molar refractivity (Wildman–Crippen MR) is 153 cm³/mol. The molecule has 2 bridgehead atoms. The van der Waals surface area contributed by atoms with Crippen LogP contribution in [0.25, 0.3) is 21.3 Å². The molecule has 0 amide bonds. The van der Waals surface area contributed by atoms with Gasteiger partial charge in [-0.3, -0.25) is 4.98 Å². The minimum atomic E-state index is 0. The first kappa shape index (κ1) is 29.1. The van der Waals surface area contributed by atoms with Crippen LogP contribution in [-0.2, 0) is 13.1 Å². The van der Waals surface area contributed by atoms with Gasteiger partial charge in [0.25, 0.3) is 0 Å². The molecule has 1 aromatic heterocycles. The van der Waals surface area contributed by atoms with Crippen molar-refractivity contribution in [1.29, 1.82) is 0 Å². The Morgan fingerprint density at radius 1 is 0.800 bits per heavy atom. The third-order valence-electron chi connectivity index (χ3n) is 7.21. The van der Waals surface area contributed by atoms with E-state index in [1.54, 1.807) is 0 Å². The molecular weight excluding hydrogens is 520 g/mol. The average molecular weight is 566 g/mol. The number of rotatable bonds is 4. The second-order valence-corrected chi connectivity index (χ2v) is 11.5. The minimum Gasteiger partial charge on any atom is 0 e. The molecule has 8 heteroatoms. The Labute approximate surface area is 231 Å². The van der Waals surface area contributed by atoms with Crippen LogP contribution in [0.5, 0.6) is 0 Å². The van der Waals surface area contributed by atoms with Gasteiger partial charge in [0.2, 0.25) is 0 Å². The van der Waals surface area contributed by atoms with Crippen molar-refractivity contribution in [2.45, 2.75) is 100 Å². The van der Waals surface area contributed by atoms with Crippen molar-refractivity contribution in [1.82, 2.24) is 4.98 Å². The molecule has 0 radical (unpaired) electrons. The topological polar surface area (TPSA) is 69.3 Å². The maximum atomic E-state index is 5.31. The first-order chi connectivity index (χ1) is 17.2. The molecule has 2 unspecified atom stereocenters. The van der Waals surface area contributed by atoms with E-state index in [9.17, 15) is 0 Å². The van der Waals surface area contributed by atoms with E-state index in [1.807, 2.05) is 12.2 Å². The maximum Gasteiger partial charge on any atom is 0 e. The van der Waals surface area contributed by atoms with E-state index in [1.165, 1.54) is 25.7 Å². The van der Waals surface area contributed by atoms with E-state index < -0.39 is 0 Å². The van der Waals surface area contributed by atoms with Crippen molar-refractivity contribution in [2.24, 2.45) is 0 Å². The zero-order valence-corrected chi connectivity index (χ0v) is 23.3. The molecule has 2 heterocycles. The summed E-state index contributed by atoms with van der Waals surface area (Å²) in [6.07, 6.45) is 15.1. The summed E-state index contributed by atoms with van der Waals surface area (Å²) >= 11 is 0.00694. The van der Waals surface area contributed by atoms with Gasteiger partial charge in [0.15, 0.2) is 0 Å². The first-order valence-electron chi connectivity index (χ1n) is 13.0. The van der Waals surface area contributed by atoms with Gasteiger partial charge in [0.1, 0.15) is 0 Å². The summed E-state index contributed by atoms with van der Waals surface area (Å²) in [6, 6.07) is 7.64. The van der Waals surface area contributed by atoms with Crippen LogP contribution in [0.1, 0.15) is 92.0 Å². The van der Waals surface area contributed by atoms with Gasteiger partial charge >= 0.3 is 33.3 Å². The third kappa shape index (κ3) is 9.12. The summed E-state index contributed by atoms with van der Waals surface area (Å²) in [5.41, 5.74) is 2.08. The quantitative estimate of drug-likeness (QED) is 0.265. The largest absolute Gasteiger partial charge is 0 e. The molecule has 4 rings (SSSR count). The van der Waals surface area contributed by atoms with Crippen molar-refractivity contribution in [3.63, 3.8) is 0 Å². The second-order valence-electron chi connectivity index (χ2n) is 9.57. The van der Waals surface area contributed by atoms with Crippen LogP contribution >= 0.6 is 20.2 Å². The molecule has 6 atom stereocenters. The van der Waals surface area contributed by atoms with Crippen LogP contribution < -0.4 is 0 Å². The molecule has 1 aliphatic heterocycles. The SMILES string of the molecule is C=CC[C@@H]1[N-]C2CCCCC2[N-]CC[N-][C@@H]2CCCC[C@H]2[N-][C@@H](CC=C)c2cccc1n2.[Cl][Mn][Cl].[HH].[HH].[HH]. The Morgan fingerprint density at radius 3 is 1.60 bits per heavy atom. The number of nitrogens with zero attached hydrogens (tertiary/aromatic N) is 5. The van der Waals surface area contributed by atoms with E-state index in [-0.39, 0.29) is 41.6 Å². The minimum absolute atomic E-state index is 0. The Bertz CT molecular complexity index is 725. The number of aromatic nitrogens is 1. The van der Waals surface area contributed by atoms with Crippen LogP contribution in [0, 0.1) is 0 Å².